The number of rotatable bonds is 7. The van der Waals surface area contributed by atoms with E-state index in [1.807, 2.05) is 30.3 Å². The van der Waals surface area contributed by atoms with Gasteiger partial charge in [-0.15, -0.1) is 0 Å². The molecule has 1 saturated heterocycles. The minimum absolute atomic E-state index is 0.307. The summed E-state index contributed by atoms with van der Waals surface area (Å²) in [5.41, 5.74) is 2.08. The Morgan fingerprint density at radius 1 is 1.10 bits per heavy atom. The molecule has 0 aromatic heterocycles. The van der Waals surface area contributed by atoms with Gasteiger partial charge in [0.15, 0.2) is 0 Å². The van der Waals surface area contributed by atoms with E-state index >= 15 is 0 Å². The molecule has 0 amide bonds. The van der Waals surface area contributed by atoms with Gasteiger partial charge in [0, 0.05) is 55.4 Å². The molecule has 4 rings (SSSR count). The van der Waals surface area contributed by atoms with Crippen LogP contribution in [0.15, 0.2) is 52.5 Å². The van der Waals surface area contributed by atoms with Crippen LogP contribution >= 0.6 is 11.9 Å². The second-order valence-electron chi connectivity index (χ2n) is 7.67. The number of phenols is 1. The molecular weight excluding hydrogens is 400 g/mol. The van der Waals surface area contributed by atoms with Gasteiger partial charge >= 0.3 is 0 Å². The molecule has 2 heterocycles. The Morgan fingerprint density at radius 3 is 2.57 bits per heavy atom. The molecule has 1 N–H and O–H groups in total. The summed E-state index contributed by atoms with van der Waals surface area (Å²) in [5, 5.41) is 12.8. The highest BCUT2D eigenvalue weighted by atomic mass is 32.2. The van der Waals surface area contributed by atoms with Crippen LogP contribution < -0.4 is 9.64 Å². The van der Waals surface area contributed by atoms with Gasteiger partial charge in [0.2, 0.25) is 0 Å². The fourth-order valence-corrected chi connectivity index (χ4v) is 5.35. The van der Waals surface area contributed by atoms with E-state index in [-0.39, 0.29) is 6.04 Å². The van der Waals surface area contributed by atoms with Crippen LogP contribution in [0.2, 0.25) is 0 Å². The van der Waals surface area contributed by atoms with Crippen molar-refractivity contribution in [3.05, 3.63) is 52.9 Å². The van der Waals surface area contributed by atoms with Gasteiger partial charge in [-0.2, -0.15) is 4.91 Å². The van der Waals surface area contributed by atoms with Crippen molar-refractivity contribution < 1.29 is 9.84 Å². The van der Waals surface area contributed by atoms with E-state index in [1.165, 1.54) is 5.69 Å². The summed E-state index contributed by atoms with van der Waals surface area (Å²) in [6.07, 6.45) is 1.05. The van der Waals surface area contributed by atoms with Crippen LogP contribution in [0.1, 0.15) is 18.0 Å². The number of fused-ring (bicyclic) bond motifs is 1. The predicted molar refractivity (Wildman–Crippen MR) is 120 cm³/mol. The number of piperazine rings is 1. The van der Waals surface area contributed by atoms with Crippen molar-refractivity contribution in [2.45, 2.75) is 17.4 Å². The van der Waals surface area contributed by atoms with E-state index < -0.39 is 0 Å². The van der Waals surface area contributed by atoms with Gasteiger partial charge in [-0.05, 0) is 61.3 Å². The fourth-order valence-electron chi connectivity index (χ4n) is 4.16. The molecule has 7 nitrogen and oxygen atoms in total. The summed E-state index contributed by atoms with van der Waals surface area (Å²) in [5.74, 6) is 1.05. The number of hydrogen-bond donors (Lipinski definition) is 1. The quantitative estimate of drug-likeness (QED) is 0.532. The number of phenolic OH excluding ortho intramolecular Hbond substituents is 1. The molecule has 2 aliphatic rings. The number of anilines is 1. The van der Waals surface area contributed by atoms with Crippen molar-refractivity contribution in [3.63, 3.8) is 0 Å². The van der Waals surface area contributed by atoms with E-state index in [4.69, 9.17) is 4.74 Å². The Morgan fingerprint density at radius 2 is 1.87 bits per heavy atom. The van der Waals surface area contributed by atoms with Crippen LogP contribution in [0.3, 0.4) is 0 Å². The van der Waals surface area contributed by atoms with Crippen molar-refractivity contribution in [1.29, 1.82) is 0 Å². The standard InChI is InChI=1S/C22H28N4O3S/c1-29-20-4-2-5-21-22(20)19(23-28)16-26(30-21)11-3-10-24-12-14-25(15-13-24)17-6-8-18(27)9-7-17/h2,4-9,19,27H,3,10-16H2,1H3. The third-order valence-corrected chi connectivity index (χ3v) is 6.92. The lowest BCUT2D eigenvalue weighted by atomic mass is 10.1. The molecule has 0 radical (unpaired) electrons. The van der Waals surface area contributed by atoms with Crippen LogP contribution in [0.4, 0.5) is 5.69 Å². The minimum atomic E-state index is -0.383. The zero-order chi connectivity index (χ0) is 20.9. The molecule has 0 saturated carbocycles. The predicted octanol–water partition coefficient (Wildman–Crippen LogP) is 3.74. The number of hydrogen-bond acceptors (Lipinski definition) is 8. The van der Waals surface area contributed by atoms with Crippen molar-refractivity contribution in [3.8, 4) is 11.5 Å². The summed E-state index contributed by atoms with van der Waals surface area (Å²) in [6.45, 7) is 6.65. The highest BCUT2D eigenvalue weighted by molar-refractivity contribution is 7.97. The highest BCUT2D eigenvalue weighted by Crippen LogP contribution is 2.43. The summed E-state index contributed by atoms with van der Waals surface area (Å²) >= 11 is 1.70. The van der Waals surface area contributed by atoms with Gasteiger partial charge in [-0.1, -0.05) is 11.2 Å². The normalized spacial score (nSPS) is 20.0. The van der Waals surface area contributed by atoms with Crippen LogP contribution in [0.25, 0.3) is 0 Å². The summed E-state index contributed by atoms with van der Waals surface area (Å²) in [6, 6.07) is 12.9. The Labute approximate surface area is 181 Å². The van der Waals surface area contributed by atoms with Gasteiger partial charge < -0.3 is 14.7 Å². The van der Waals surface area contributed by atoms with Gasteiger partial charge in [0.05, 0.1) is 7.11 Å². The van der Waals surface area contributed by atoms with Gasteiger partial charge in [0.25, 0.3) is 0 Å². The molecule has 2 aromatic carbocycles. The van der Waals surface area contributed by atoms with Crippen LogP contribution in [-0.4, -0.2) is 67.2 Å². The van der Waals surface area contributed by atoms with Crippen LogP contribution in [-0.2, 0) is 0 Å². The second kappa shape index (κ2) is 9.68. The number of ether oxygens (including phenoxy) is 1. The number of nitroso groups, excluding NO2 is 1. The lowest BCUT2D eigenvalue weighted by molar-refractivity contribution is 0.246. The third kappa shape index (κ3) is 4.71. The fraction of sp³-hybridized carbons (Fsp3) is 0.455. The molecule has 1 unspecified atom stereocenters. The molecule has 1 fully saturated rings. The summed E-state index contributed by atoms with van der Waals surface area (Å²) in [4.78, 5) is 17.4. The first-order valence-electron chi connectivity index (χ1n) is 10.4. The zero-order valence-corrected chi connectivity index (χ0v) is 18.1. The second-order valence-corrected chi connectivity index (χ2v) is 8.81. The van der Waals surface area contributed by atoms with E-state index in [0.29, 0.717) is 12.3 Å². The number of nitrogens with zero attached hydrogens (tertiary/aromatic N) is 4. The Bertz CT molecular complexity index is 856. The Kier molecular flexibility index (Phi) is 6.76. The summed E-state index contributed by atoms with van der Waals surface area (Å²) < 4.78 is 7.68. The number of aromatic hydroxyl groups is 1. The average molecular weight is 429 g/mol. The number of benzene rings is 2. The van der Waals surface area contributed by atoms with Gasteiger partial charge in [0.1, 0.15) is 17.5 Å². The maximum absolute atomic E-state index is 11.5. The maximum atomic E-state index is 11.5. The zero-order valence-electron chi connectivity index (χ0n) is 17.2. The molecule has 0 spiro atoms. The molecule has 0 bridgehead atoms. The Hall–Kier alpha value is -2.29. The van der Waals surface area contributed by atoms with E-state index in [1.54, 1.807) is 31.2 Å². The maximum Gasteiger partial charge on any atom is 0.135 e. The van der Waals surface area contributed by atoms with E-state index in [9.17, 15) is 10.0 Å². The van der Waals surface area contributed by atoms with Gasteiger partial charge in [-0.25, -0.2) is 4.31 Å². The van der Waals surface area contributed by atoms with Crippen LogP contribution in [0.5, 0.6) is 11.5 Å². The molecule has 0 aliphatic carbocycles. The first-order valence-corrected chi connectivity index (χ1v) is 11.1. The SMILES string of the molecule is COc1cccc2c1C(N=O)CN(CCCN1CCN(c3ccc(O)cc3)CC1)S2. The highest BCUT2D eigenvalue weighted by Gasteiger charge is 2.30. The molecule has 160 valence electrons. The van der Waals surface area contributed by atoms with Crippen LogP contribution in [0, 0.1) is 4.91 Å². The van der Waals surface area contributed by atoms with Crippen molar-refractivity contribution in [1.82, 2.24) is 9.21 Å². The van der Waals surface area contributed by atoms with Crippen molar-refractivity contribution in [2.24, 2.45) is 5.18 Å². The smallest absolute Gasteiger partial charge is 0.135 e. The topological polar surface area (TPSA) is 68.6 Å². The lowest BCUT2D eigenvalue weighted by Crippen LogP contribution is -2.47. The first-order chi connectivity index (χ1) is 14.7. The Balaban J connectivity index is 1.25. The molecular formula is C22H28N4O3S. The summed E-state index contributed by atoms with van der Waals surface area (Å²) in [7, 11) is 1.63. The largest absolute Gasteiger partial charge is 0.508 e. The molecule has 2 aliphatic heterocycles. The van der Waals surface area contributed by atoms with E-state index in [2.05, 4.69) is 19.3 Å². The van der Waals surface area contributed by atoms with Crippen molar-refractivity contribution in [2.75, 3.05) is 57.8 Å². The third-order valence-electron chi connectivity index (χ3n) is 5.78. The monoisotopic (exact) mass is 428 g/mol. The minimum Gasteiger partial charge on any atom is -0.508 e. The van der Waals surface area contributed by atoms with Gasteiger partial charge in [-0.3, -0.25) is 4.90 Å². The molecule has 30 heavy (non-hydrogen) atoms. The van der Waals surface area contributed by atoms with E-state index in [0.717, 1.165) is 61.9 Å². The molecule has 8 heteroatoms. The molecule has 2 aromatic rings. The molecule has 1 atom stereocenters. The number of methoxy groups -OCH3 is 1. The average Bonchev–Trinajstić information content (AvgIpc) is 2.79. The van der Waals surface area contributed by atoms with Crippen molar-refractivity contribution >= 4 is 17.6 Å². The first kappa shape index (κ1) is 21.0. The lowest BCUT2D eigenvalue weighted by Gasteiger charge is -2.36.